The molecule has 9 nitrogen and oxygen atoms in total. The third-order valence-electron chi connectivity index (χ3n) is 5.62. The molecule has 2 aromatic carbocycles. The zero-order valence-electron chi connectivity index (χ0n) is 18.6. The van der Waals surface area contributed by atoms with Crippen LogP contribution in [0.1, 0.15) is 25.0 Å². The van der Waals surface area contributed by atoms with Gasteiger partial charge in [-0.2, -0.15) is 10.2 Å². The lowest BCUT2D eigenvalue weighted by atomic mass is 10.2. The minimum Gasteiger partial charge on any atom is -0.490 e. The third-order valence-corrected chi connectivity index (χ3v) is 5.62. The van der Waals surface area contributed by atoms with Crippen LogP contribution in [0.15, 0.2) is 53.7 Å². The Kier molecular flexibility index (Phi) is 5.30. The molecule has 0 atom stereocenters. The zero-order chi connectivity index (χ0) is 23.8. The van der Waals surface area contributed by atoms with E-state index in [0.717, 1.165) is 0 Å². The number of aryl methyl sites for hydroxylation is 1. The molecule has 0 spiro atoms. The van der Waals surface area contributed by atoms with Crippen LogP contribution in [0.5, 0.6) is 5.75 Å². The number of benzene rings is 2. The molecule has 5 rings (SSSR count). The molecule has 0 bridgehead atoms. The lowest BCUT2D eigenvalue weighted by Crippen LogP contribution is -2.24. The molecule has 3 heterocycles. The van der Waals surface area contributed by atoms with E-state index in [1.54, 1.807) is 58.9 Å². The maximum Gasteiger partial charge on any atom is 0.330 e. The highest BCUT2D eigenvalue weighted by Crippen LogP contribution is 2.25. The first-order valence-corrected chi connectivity index (χ1v) is 10.8. The van der Waals surface area contributed by atoms with Crippen LogP contribution in [-0.4, -0.2) is 35.3 Å². The summed E-state index contributed by atoms with van der Waals surface area (Å²) in [6.45, 7) is 4.43. The van der Waals surface area contributed by atoms with Gasteiger partial charge in [0, 0.05) is 12.1 Å². The Morgan fingerprint density at radius 3 is 2.74 bits per heavy atom. The third kappa shape index (κ3) is 3.38. The molecule has 0 fully saturated rings. The SMILES string of the molecule is CCOc1c(F)cccc1Cn1c(=O)n(CC)c2cnc(-n3cnc4ccc(C#N)cc43)nc21. The van der Waals surface area contributed by atoms with Crippen molar-refractivity contribution in [3.8, 4) is 17.8 Å². The van der Waals surface area contributed by atoms with Gasteiger partial charge in [0.25, 0.3) is 0 Å². The smallest absolute Gasteiger partial charge is 0.330 e. The first-order valence-electron chi connectivity index (χ1n) is 10.8. The van der Waals surface area contributed by atoms with Gasteiger partial charge in [-0.1, -0.05) is 12.1 Å². The highest BCUT2D eigenvalue weighted by atomic mass is 19.1. The first-order chi connectivity index (χ1) is 16.5. The number of halogens is 1. The highest BCUT2D eigenvalue weighted by molar-refractivity contribution is 5.79. The summed E-state index contributed by atoms with van der Waals surface area (Å²) in [5.41, 5.74) is 3.07. The molecule has 10 heteroatoms. The monoisotopic (exact) mass is 457 g/mol. The number of fused-ring (bicyclic) bond motifs is 2. The normalized spacial score (nSPS) is 11.2. The average molecular weight is 457 g/mol. The summed E-state index contributed by atoms with van der Waals surface area (Å²) >= 11 is 0. The predicted octanol–water partition coefficient (Wildman–Crippen LogP) is 3.41. The summed E-state index contributed by atoms with van der Waals surface area (Å²) < 4.78 is 24.6. The van der Waals surface area contributed by atoms with Gasteiger partial charge in [-0.3, -0.25) is 13.7 Å². The van der Waals surface area contributed by atoms with Crippen LogP contribution in [0.25, 0.3) is 28.1 Å². The average Bonchev–Trinajstić information content (AvgIpc) is 3.39. The summed E-state index contributed by atoms with van der Waals surface area (Å²) in [6.07, 6.45) is 3.17. The Labute approximate surface area is 193 Å². The number of aromatic nitrogens is 6. The maximum absolute atomic E-state index is 14.4. The Bertz CT molecular complexity index is 1640. The molecule has 3 aromatic heterocycles. The van der Waals surface area contributed by atoms with E-state index < -0.39 is 5.82 Å². The summed E-state index contributed by atoms with van der Waals surface area (Å²) in [5.74, 6) is -0.0651. The molecule has 0 unspecified atom stereocenters. The Hall–Kier alpha value is -4.52. The number of para-hydroxylation sites is 1. The topological polar surface area (TPSA) is 104 Å². The summed E-state index contributed by atoms with van der Waals surface area (Å²) in [6, 6.07) is 11.9. The number of imidazole rings is 2. The lowest BCUT2D eigenvalue weighted by molar-refractivity contribution is 0.317. The van der Waals surface area contributed by atoms with Gasteiger partial charge in [0.15, 0.2) is 17.2 Å². The summed E-state index contributed by atoms with van der Waals surface area (Å²) in [4.78, 5) is 26.7. The number of hydrogen-bond acceptors (Lipinski definition) is 6. The number of nitrogens with zero attached hydrogens (tertiary/aromatic N) is 7. The molecule has 0 saturated carbocycles. The van der Waals surface area contributed by atoms with E-state index in [-0.39, 0.29) is 18.0 Å². The van der Waals surface area contributed by atoms with Crippen molar-refractivity contribution < 1.29 is 9.13 Å². The number of nitriles is 1. The molecular formula is C24H20FN7O2. The molecule has 0 aliphatic heterocycles. The minimum absolute atomic E-state index is 0.0785. The van der Waals surface area contributed by atoms with Crippen molar-refractivity contribution in [3.63, 3.8) is 0 Å². The van der Waals surface area contributed by atoms with Gasteiger partial charge in [0.1, 0.15) is 11.8 Å². The Balaban J connectivity index is 1.70. The lowest BCUT2D eigenvalue weighted by Gasteiger charge is -2.11. The number of ether oxygens (including phenoxy) is 1. The highest BCUT2D eigenvalue weighted by Gasteiger charge is 2.19. The number of rotatable bonds is 6. The summed E-state index contributed by atoms with van der Waals surface area (Å²) in [5, 5.41) is 9.27. The van der Waals surface area contributed by atoms with Crippen molar-refractivity contribution in [1.29, 1.82) is 5.26 Å². The largest absolute Gasteiger partial charge is 0.490 e. The Morgan fingerprint density at radius 1 is 1.12 bits per heavy atom. The second kappa shape index (κ2) is 8.44. The van der Waals surface area contributed by atoms with Crippen molar-refractivity contribution >= 4 is 22.2 Å². The van der Waals surface area contributed by atoms with Gasteiger partial charge >= 0.3 is 5.69 Å². The molecule has 5 aromatic rings. The first kappa shape index (κ1) is 21.3. The van der Waals surface area contributed by atoms with Crippen LogP contribution >= 0.6 is 0 Å². The van der Waals surface area contributed by atoms with Crippen molar-refractivity contribution in [2.75, 3.05) is 6.61 Å². The van der Waals surface area contributed by atoms with Crippen molar-refractivity contribution in [2.45, 2.75) is 26.9 Å². The zero-order valence-corrected chi connectivity index (χ0v) is 18.6. The van der Waals surface area contributed by atoms with Gasteiger partial charge in [-0.25, -0.2) is 19.2 Å². The number of hydrogen-bond donors (Lipinski definition) is 0. The van der Waals surface area contributed by atoms with E-state index in [2.05, 4.69) is 21.0 Å². The molecule has 34 heavy (non-hydrogen) atoms. The fourth-order valence-electron chi connectivity index (χ4n) is 4.04. The molecule has 0 saturated heterocycles. The van der Waals surface area contributed by atoms with Gasteiger partial charge in [0.2, 0.25) is 5.95 Å². The van der Waals surface area contributed by atoms with Crippen LogP contribution < -0.4 is 10.4 Å². The minimum atomic E-state index is -0.486. The maximum atomic E-state index is 14.4. The standard InChI is InChI=1S/C24H20FN7O2/c1-3-30-20-12-27-23(32-14-28-18-9-8-15(11-26)10-19(18)32)29-22(20)31(24(30)33)13-16-6-5-7-17(25)21(16)34-4-2/h5-10,12,14H,3-4,13H2,1-2H3. The van der Waals surface area contributed by atoms with E-state index in [1.807, 2.05) is 6.92 Å². The van der Waals surface area contributed by atoms with E-state index in [1.165, 1.54) is 10.6 Å². The van der Waals surface area contributed by atoms with Gasteiger partial charge in [-0.05, 0) is 38.1 Å². The molecule has 0 aliphatic rings. The van der Waals surface area contributed by atoms with Gasteiger partial charge in [0.05, 0.1) is 42.0 Å². The van der Waals surface area contributed by atoms with Crippen LogP contribution in [0.2, 0.25) is 0 Å². The van der Waals surface area contributed by atoms with Crippen LogP contribution in [-0.2, 0) is 13.1 Å². The van der Waals surface area contributed by atoms with E-state index in [4.69, 9.17) is 4.74 Å². The van der Waals surface area contributed by atoms with E-state index >= 15 is 0 Å². The van der Waals surface area contributed by atoms with Gasteiger partial charge in [-0.15, -0.1) is 0 Å². The van der Waals surface area contributed by atoms with Crippen LogP contribution in [0.4, 0.5) is 4.39 Å². The van der Waals surface area contributed by atoms with Crippen molar-refractivity contribution in [1.82, 2.24) is 28.7 Å². The van der Waals surface area contributed by atoms with E-state index in [9.17, 15) is 14.4 Å². The molecule has 0 aliphatic carbocycles. The second-order valence-corrected chi connectivity index (χ2v) is 7.58. The van der Waals surface area contributed by atoms with E-state index in [0.29, 0.717) is 52.4 Å². The molecule has 0 radical (unpaired) electrons. The molecule has 170 valence electrons. The molecule has 0 amide bonds. The molecule has 0 N–H and O–H groups in total. The van der Waals surface area contributed by atoms with Crippen molar-refractivity contribution in [2.24, 2.45) is 0 Å². The fraction of sp³-hybridized carbons (Fsp3) is 0.208. The fourth-order valence-corrected chi connectivity index (χ4v) is 4.04. The second-order valence-electron chi connectivity index (χ2n) is 7.58. The Morgan fingerprint density at radius 2 is 1.97 bits per heavy atom. The molecular weight excluding hydrogens is 437 g/mol. The predicted molar refractivity (Wildman–Crippen MR) is 123 cm³/mol. The summed E-state index contributed by atoms with van der Waals surface area (Å²) in [7, 11) is 0. The van der Waals surface area contributed by atoms with Crippen molar-refractivity contribution in [3.05, 3.63) is 76.4 Å². The van der Waals surface area contributed by atoms with Gasteiger partial charge < -0.3 is 4.74 Å². The quantitative estimate of drug-likeness (QED) is 0.387. The van der Waals surface area contributed by atoms with Crippen LogP contribution in [0, 0.1) is 17.1 Å². The van der Waals surface area contributed by atoms with Crippen LogP contribution in [0.3, 0.4) is 0 Å².